The lowest BCUT2D eigenvalue weighted by Gasteiger charge is -2.20. The minimum Gasteiger partial charge on any atom is -0.317 e. The van der Waals surface area contributed by atoms with Crippen LogP contribution in [0.2, 0.25) is 0 Å². The van der Waals surface area contributed by atoms with Gasteiger partial charge in [0.1, 0.15) is 0 Å². The molecule has 0 radical (unpaired) electrons. The van der Waals surface area contributed by atoms with Gasteiger partial charge >= 0.3 is 0 Å². The Bertz CT molecular complexity index is 324. The fourth-order valence-corrected chi connectivity index (χ4v) is 2.79. The van der Waals surface area contributed by atoms with Gasteiger partial charge in [0.2, 0.25) is 0 Å². The van der Waals surface area contributed by atoms with Crippen LogP contribution in [-0.4, -0.2) is 13.1 Å². The molecule has 0 spiro atoms. The molecule has 1 aromatic carbocycles. The summed E-state index contributed by atoms with van der Waals surface area (Å²) in [6.45, 7) is 4.62. The van der Waals surface area contributed by atoms with E-state index in [4.69, 9.17) is 0 Å². The number of halogens is 1. The predicted octanol–water partition coefficient (Wildman–Crippen LogP) is 4.41. The van der Waals surface area contributed by atoms with Gasteiger partial charge in [0.25, 0.3) is 0 Å². The summed E-state index contributed by atoms with van der Waals surface area (Å²) in [4.78, 5) is 0. The molecule has 0 fully saturated rings. The van der Waals surface area contributed by atoms with Crippen molar-refractivity contribution < 1.29 is 0 Å². The molecule has 0 aromatic heterocycles. The molecule has 1 aromatic rings. The summed E-state index contributed by atoms with van der Waals surface area (Å²) in [5.41, 5.74) is 1.41. The van der Waals surface area contributed by atoms with Crippen molar-refractivity contribution in [3.05, 3.63) is 34.3 Å². The monoisotopic (exact) mass is 297 g/mol. The van der Waals surface area contributed by atoms with Gasteiger partial charge in [-0.1, -0.05) is 54.8 Å². The molecular formula is C15H24BrN. The molecule has 0 aliphatic carbocycles. The number of hydrogen-bond donors (Lipinski definition) is 1. The maximum absolute atomic E-state index is 3.53. The molecule has 0 aliphatic rings. The van der Waals surface area contributed by atoms with Crippen LogP contribution in [0.15, 0.2) is 28.7 Å². The summed E-state index contributed by atoms with van der Waals surface area (Å²) in [5, 5.41) is 3.44. The van der Waals surface area contributed by atoms with Gasteiger partial charge in [-0.25, -0.2) is 0 Å². The highest BCUT2D eigenvalue weighted by atomic mass is 79.9. The third-order valence-electron chi connectivity index (χ3n) is 3.25. The second-order valence-electron chi connectivity index (χ2n) is 4.95. The van der Waals surface area contributed by atoms with Crippen LogP contribution in [0.4, 0.5) is 0 Å². The van der Waals surface area contributed by atoms with Gasteiger partial charge in [-0.3, -0.25) is 0 Å². The van der Waals surface area contributed by atoms with E-state index < -0.39 is 0 Å². The topological polar surface area (TPSA) is 12.0 Å². The van der Waals surface area contributed by atoms with Crippen molar-refractivity contribution in [3.8, 4) is 0 Å². The third-order valence-corrected chi connectivity index (χ3v) is 3.74. The zero-order valence-corrected chi connectivity index (χ0v) is 12.8. The van der Waals surface area contributed by atoms with Crippen molar-refractivity contribution in [1.82, 2.24) is 5.32 Å². The summed E-state index contributed by atoms with van der Waals surface area (Å²) in [6, 6.07) is 9.21. The first-order valence-corrected chi connectivity index (χ1v) is 7.36. The number of hydrogen-bond acceptors (Lipinski definition) is 1. The third kappa shape index (κ3) is 5.69. The van der Waals surface area contributed by atoms with Gasteiger partial charge < -0.3 is 5.32 Å². The van der Waals surface area contributed by atoms with Crippen molar-refractivity contribution in [2.75, 3.05) is 7.05 Å². The van der Waals surface area contributed by atoms with E-state index in [1.807, 2.05) is 0 Å². The Balaban J connectivity index is 2.51. The highest BCUT2D eigenvalue weighted by Gasteiger charge is 2.11. The van der Waals surface area contributed by atoms with E-state index in [0.717, 1.165) is 12.3 Å². The summed E-state index contributed by atoms with van der Waals surface area (Å²) in [6.07, 6.45) is 4.99. The van der Waals surface area contributed by atoms with E-state index in [9.17, 15) is 0 Å². The number of rotatable bonds is 7. The van der Waals surface area contributed by atoms with E-state index in [1.54, 1.807) is 0 Å². The van der Waals surface area contributed by atoms with Crippen LogP contribution in [0, 0.1) is 5.92 Å². The molecule has 2 heteroatoms. The average molecular weight is 298 g/mol. The molecule has 17 heavy (non-hydrogen) atoms. The van der Waals surface area contributed by atoms with Gasteiger partial charge in [0.05, 0.1) is 0 Å². The Morgan fingerprint density at radius 1 is 1.35 bits per heavy atom. The smallest absolute Gasteiger partial charge is 0.0178 e. The lowest BCUT2D eigenvalue weighted by molar-refractivity contribution is 0.397. The molecule has 0 amide bonds. The average Bonchev–Trinajstić information content (AvgIpc) is 2.28. The SMILES string of the molecule is CCCC(C)CC(Cc1cccc(Br)c1)NC. The normalized spacial score (nSPS) is 14.6. The highest BCUT2D eigenvalue weighted by Crippen LogP contribution is 2.17. The molecule has 0 bridgehead atoms. The highest BCUT2D eigenvalue weighted by molar-refractivity contribution is 9.10. The van der Waals surface area contributed by atoms with E-state index in [0.29, 0.717) is 6.04 Å². The Hall–Kier alpha value is -0.340. The van der Waals surface area contributed by atoms with Crippen LogP contribution < -0.4 is 5.32 Å². The first kappa shape index (κ1) is 14.7. The first-order valence-electron chi connectivity index (χ1n) is 6.57. The van der Waals surface area contributed by atoms with Crippen molar-refractivity contribution >= 4 is 15.9 Å². The second-order valence-corrected chi connectivity index (χ2v) is 5.86. The fraction of sp³-hybridized carbons (Fsp3) is 0.600. The quantitative estimate of drug-likeness (QED) is 0.786. The summed E-state index contributed by atoms with van der Waals surface area (Å²) in [5.74, 6) is 0.810. The van der Waals surface area contributed by atoms with Crippen molar-refractivity contribution in [1.29, 1.82) is 0 Å². The first-order chi connectivity index (χ1) is 8.15. The van der Waals surface area contributed by atoms with E-state index in [-0.39, 0.29) is 0 Å². The number of likely N-dealkylation sites (N-methyl/N-ethyl adjacent to an activating group) is 1. The van der Waals surface area contributed by atoms with Crippen LogP contribution in [0.25, 0.3) is 0 Å². The second kappa shape index (κ2) is 7.88. The van der Waals surface area contributed by atoms with Crippen molar-refractivity contribution in [2.45, 2.75) is 45.6 Å². The lowest BCUT2D eigenvalue weighted by Crippen LogP contribution is -2.29. The molecule has 0 saturated heterocycles. The maximum Gasteiger partial charge on any atom is 0.0178 e. The van der Waals surface area contributed by atoms with Crippen molar-refractivity contribution in [2.24, 2.45) is 5.92 Å². The molecule has 0 heterocycles. The number of benzene rings is 1. The van der Waals surface area contributed by atoms with E-state index >= 15 is 0 Å². The standard InChI is InChI=1S/C15H24BrN/c1-4-6-12(2)9-15(17-3)11-13-7-5-8-14(16)10-13/h5,7-8,10,12,15,17H,4,6,9,11H2,1-3H3. The molecule has 0 aliphatic heterocycles. The Morgan fingerprint density at radius 3 is 2.71 bits per heavy atom. The van der Waals surface area contributed by atoms with Crippen LogP contribution in [0.5, 0.6) is 0 Å². The molecule has 96 valence electrons. The van der Waals surface area contributed by atoms with Crippen LogP contribution in [0.3, 0.4) is 0 Å². The van der Waals surface area contributed by atoms with E-state index in [2.05, 4.69) is 66.4 Å². The number of nitrogens with one attached hydrogen (secondary N) is 1. The molecule has 2 atom stereocenters. The van der Waals surface area contributed by atoms with Gasteiger partial charge in [0.15, 0.2) is 0 Å². The minimum atomic E-state index is 0.589. The zero-order valence-electron chi connectivity index (χ0n) is 11.2. The molecular weight excluding hydrogens is 274 g/mol. The Morgan fingerprint density at radius 2 is 2.12 bits per heavy atom. The summed E-state index contributed by atoms with van der Waals surface area (Å²) in [7, 11) is 2.07. The Kier molecular flexibility index (Phi) is 6.83. The lowest BCUT2D eigenvalue weighted by atomic mass is 9.93. The molecule has 0 saturated carbocycles. The van der Waals surface area contributed by atoms with Gasteiger partial charge in [-0.2, -0.15) is 0 Å². The molecule has 1 rings (SSSR count). The Labute approximate surface area is 114 Å². The van der Waals surface area contributed by atoms with Gasteiger partial charge in [-0.05, 0) is 43.5 Å². The van der Waals surface area contributed by atoms with Gasteiger partial charge in [0, 0.05) is 10.5 Å². The fourth-order valence-electron chi connectivity index (χ4n) is 2.35. The molecule has 2 unspecified atom stereocenters. The van der Waals surface area contributed by atoms with Crippen LogP contribution in [-0.2, 0) is 6.42 Å². The largest absolute Gasteiger partial charge is 0.317 e. The predicted molar refractivity (Wildman–Crippen MR) is 79.4 cm³/mol. The van der Waals surface area contributed by atoms with Crippen LogP contribution in [0.1, 0.15) is 38.7 Å². The van der Waals surface area contributed by atoms with Gasteiger partial charge in [-0.15, -0.1) is 0 Å². The summed E-state index contributed by atoms with van der Waals surface area (Å²) < 4.78 is 1.17. The summed E-state index contributed by atoms with van der Waals surface area (Å²) >= 11 is 3.53. The van der Waals surface area contributed by atoms with Crippen molar-refractivity contribution in [3.63, 3.8) is 0 Å². The minimum absolute atomic E-state index is 0.589. The van der Waals surface area contributed by atoms with E-state index in [1.165, 1.54) is 29.3 Å². The maximum atomic E-state index is 3.53. The van der Waals surface area contributed by atoms with Crippen LogP contribution >= 0.6 is 15.9 Å². The zero-order chi connectivity index (χ0) is 12.7. The molecule has 1 N–H and O–H groups in total. The molecule has 1 nitrogen and oxygen atoms in total.